The number of ether oxygens (including phenoxy) is 2. The highest BCUT2D eigenvalue weighted by Crippen LogP contribution is 2.37. The van der Waals surface area contributed by atoms with Gasteiger partial charge in [-0.3, -0.25) is 14.2 Å². The van der Waals surface area contributed by atoms with Gasteiger partial charge < -0.3 is 14.4 Å². The Labute approximate surface area is 246 Å². The van der Waals surface area contributed by atoms with Crippen LogP contribution in [-0.4, -0.2) is 36.2 Å². The quantitative estimate of drug-likeness (QED) is 0.322. The topological polar surface area (TPSA) is 90.2 Å². The summed E-state index contributed by atoms with van der Waals surface area (Å²) in [4.78, 5) is 48.3. The fourth-order valence-electron chi connectivity index (χ4n) is 5.40. The third-order valence-electron chi connectivity index (χ3n) is 7.20. The molecule has 212 valence electrons. The van der Waals surface area contributed by atoms with E-state index in [0.717, 1.165) is 17.0 Å². The number of aromatic nitrogens is 1. The van der Waals surface area contributed by atoms with E-state index in [1.54, 1.807) is 18.9 Å². The summed E-state index contributed by atoms with van der Waals surface area (Å²) in [6.07, 6.45) is -0.0142. The molecule has 0 bridgehead atoms. The molecule has 8 nitrogen and oxygen atoms in total. The molecule has 0 fully saturated rings. The second kappa shape index (κ2) is 10.9. The van der Waals surface area contributed by atoms with Gasteiger partial charge in [-0.15, -0.1) is 0 Å². The summed E-state index contributed by atoms with van der Waals surface area (Å²) in [6.45, 7) is 5.79. The highest BCUT2D eigenvalue weighted by atomic mass is 32.1. The Morgan fingerprint density at radius 1 is 0.976 bits per heavy atom. The average molecular weight is 580 g/mol. The number of hydrogen-bond donors (Lipinski definition) is 0. The summed E-state index contributed by atoms with van der Waals surface area (Å²) in [5.41, 5.74) is 3.44. The average Bonchev–Trinajstić information content (AvgIpc) is 3.44. The lowest BCUT2D eigenvalue weighted by Gasteiger charge is -2.26. The Hall–Kier alpha value is -4.76. The second-order valence-electron chi connectivity index (χ2n) is 10.2. The summed E-state index contributed by atoms with van der Waals surface area (Å²) in [6, 6.07) is 23.3. The van der Waals surface area contributed by atoms with Gasteiger partial charge in [0.05, 0.1) is 41.3 Å². The van der Waals surface area contributed by atoms with Crippen LogP contribution >= 0.6 is 11.3 Å². The van der Waals surface area contributed by atoms with Crippen LogP contribution in [0.15, 0.2) is 94.2 Å². The normalized spacial score (nSPS) is 17.2. The number of benzene rings is 3. The lowest BCUT2D eigenvalue weighted by atomic mass is 9.93. The van der Waals surface area contributed by atoms with E-state index in [1.807, 2.05) is 92.7 Å². The van der Waals surface area contributed by atoms with Crippen molar-refractivity contribution >= 4 is 40.2 Å². The van der Waals surface area contributed by atoms with Gasteiger partial charge in [0.15, 0.2) is 4.80 Å². The fraction of sp³-hybridized carbons (Fsp3) is 0.212. The molecule has 0 saturated heterocycles. The minimum atomic E-state index is -0.845. The molecule has 0 saturated carbocycles. The van der Waals surface area contributed by atoms with Gasteiger partial charge in [0.25, 0.3) is 11.5 Å². The molecular formula is C33H29N3O5S. The standard InChI is InChI=1S/C33H29N3O5S/c1-5-40-32(39)26-27(20-11-7-6-8-12-20)34-33-36(28(26)21-15-17-22(18-16-21)41-19(2)3)31(38)29(42-33)25-23-13-9-10-14-24(23)35(4)30(25)37/h6-19,28H,5H2,1-4H3/b29-25+/t28-/m1/s1. The molecular weight excluding hydrogens is 550 g/mol. The van der Waals surface area contributed by atoms with Crippen molar-refractivity contribution in [1.82, 2.24) is 4.57 Å². The summed E-state index contributed by atoms with van der Waals surface area (Å²) in [5, 5.41) is 0. The molecule has 2 aliphatic heterocycles. The van der Waals surface area contributed by atoms with E-state index in [2.05, 4.69) is 0 Å². The molecule has 1 atom stereocenters. The summed E-state index contributed by atoms with van der Waals surface area (Å²) < 4.78 is 13.2. The van der Waals surface area contributed by atoms with Gasteiger partial charge in [0, 0.05) is 18.2 Å². The molecule has 3 heterocycles. The van der Waals surface area contributed by atoms with Crippen LogP contribution in [0, 0.1) is 0 Å². The Morgan fingerprint density at radius 3 is 2.36 bits per heavy atom. The van der Waals surface area contributed by atoms with Crippen LogP contribution in [0.1, 0.15) is 43.5 Å². The van der Waals surface area contributed by atoms with Gasteiger partial charge in [0.1, 0.15) is 10.3 Å². The first-order chi connectivity index (χ1) is 20.3. The molecule has 0 unspecified atom stereocenters. The zero-order valence-electron chi connectivity index (χ0n) is 23.7. The molecule has 0 aliphatic carbocycles. The first kappa shape index (κ1) is 27.4. The number of esters is 1. The molecule has 6 rings (SSSR count). The SMILES string of the molecule is CCOC(=O)C1=C(c2ccccc2)N=c2s/c(=C3/C(=O)N(C)c4ccccc43)c(=O)n2[C@@H]1c1ccc(OC(C)C)cc1. The number of fused-ring (bicyclic) bond motifs is 2. The number of anilines is 1. The van der Waals surface area contributed by atoms with Crippen molar-refractivity contribution in [3.8, 4) is 5.75 Å². The van der Waals surface area contributed by atoms with E-state index in [1.165, 1.54) is 4.57 Å². The van der Waals surface area contributed by atoms with Gasteiger partial charge in [0.2, 0.25) is 0 Å². The van der Waals surface area contributed by atoms with Crippen LogP contribution in [-0.2, 0) is 14.3 Å². The number of amides is 1. The Bertz CT molecular complexity index is 1920. The smallest absolute Gasteiger partial charge is 0.338 e. The zero-order chi connectivity index (χ0) is 29.5. The van der Waals surface area contributed by atoms with Crippen LogP contribution in [0.3, 0.4) is 0 Å². The predicted octanol–water partition coefficient (Wildman–Crippen LogP) is 4.07. The molecule has 0 spiro atoms. The lowest BCUT2D eigenvalue weighted by Crippen LogP contribution is -2.40. The molecule has 0 N–H and O–H groups in total. The lowest BCUT2D eigenvalue weighted by molar-refractivity contribution is -0.138. The van der Waals surface area contributed by atoms with Crippen LogP contribution < -0.4 is 24.5 Å². The first-order valence-corrected chi connectivity index (χ1v) is 14.6. The van der Waals surface area contributed by atoms with Crippen LogP contribution in [0.2, 0.25) is 0 Å². The molecule has 1 amide bonds. The maximum Gasteiger partial charge on any atom is 0.338 e. The van der Waals surface area contributed by atoms with Crippen molar-refractivity contribution in [3.05, 3.63) is 121 Å². The van der Waals surface area contributed by atoms with Gasteiger partial charge in [-0.25, -0.2) is 9.79 Å². The Morgan fingerprint density at radius 2 is 1.67 bits per heavy atom. The maximum absolute atomic E-state index is 14.4. The van der Waals surface area contributed by atoms with Gasteiger partial charge in [-0.2, -0.15) is 0 Å². The Balaban J connectivity index is 1.68. The molecule has 9 heteroatoms. The summed E-state index contributed by atoms with van der Waals surface area (Å²) in [7, 11) is 1.70. The minimum Gasteiger partial charge on any atom is -0.491 e. The summed E-state index contributed by atoms with van der Waals surface area (Å²) in [5.74, 6) is -0.154. The highest BCUT2D eigenvalue weighted by molar-refractivity contribution is 7.07. The molecule has 4 aromatic rings. The summed E-state index contributed by atoms with van der Waals surface area (Å²) >= 11 is 1.15. The maximum atomic E-state index is 14.4. The molecule has 2 aliphatic rings. The first-order valence-electron chi connectivity index (χ1n) is 13.7. The fourth-order valence-corrected chi connectivity index (χ4v) is 6.49. The van der Waals surface area contributed by atoms with E-state index in [-0.39, 0.29) is 28.7 Å². The molecule has 0 radical (unpaired) electrons. The molecule has 3 aromatic carbocycles. The van der Waals surface area contributed by atoms with E-state index in [0.29, 0.717) is 38.5 Å². The number of thiazole rings is 1. The number of hydrogen-bond acceptors (Lipinski definition) is 7. The number of rotatable bonds is 6. The number of carbonyl (C=O) groups excluding carboxylic acids is 2. The van der Waals surface area contributed by atoms with Crippen molar-refractivity contribution in [2.75, 3.05) is 18.6 Å². The van der Waals surface area contributed by atoms with E-state index in [4.69, 9.17) is 14.5 Å². The van der Waals surface area contributed by atoms with Crippen LogP contribution in [0.25, 0.3) is 11.3 Å². The van der Waals surface area contributed by atoms with Gasteiger partial charge in [-0.1, -0.05) is 72.0 Å². The zero-order valence-corrected chi connectivity index (χ0v) is 24.5. The van der Waals surface area contributed by atoms with Gasteiger partial charge in [-0.05, 0) is 44.5 Å². The van der Waals surface area contributed by atoms with Crippen molar-refractivity contribution in [1.29, 1.82) is 0 Å². The van der Waals surface area contributed by atoms with E-state index in [9.17, 15) is 14.4 Å². The third-order valence-corrected chi connectivity index (χ3v) is 8.25. The van der Waals surface area contributed by atoms with Crippen molar-refractivity contribution in [2.24, 2.45) is 4.99 Å². The minimum absolute atomic E-state index is 0.0142. The number of carbonyl (C=O) groups is 2. The number of nitrogens with zero attached hydrogens (tertiary/aromatic N) is 3. The number of para-hydroxylation sites is 1. The van der Waals surface area contributed by atoms with Gasteiger partial charge >= 0.3 is 5.97 Å². The van der Waals surface area contributed by atoms with E-state index < -0.39 is 17.6 Å². The highest BCUT2D eigenvalue weighted by Gasteiger charge is 2.37. The molecule has 1 aromatic heterocycles. The Kier molecular flexibility index (Phi) is 7.12. The second-order valence-corrected chi connectivity index (χ2v) is 11.2. The van der Waals surface area contributed by atoms with Crippen LogP contribution in [0.4, 0.5) is 5.69 Å². The largest absolute Gasteiger partial charge is 0.491 e. The third kappa shape index (κ3) is 4.55. The van der Waals surface area contributed by atoms with Crippen molar-refractivity contribution < 1.29 is 19.1 Å². The van der Waals surface area contributed by atoms with Crippen molar-refractivity contribution in [3.63, 3.8) is 0 Å². The van der Waals surface area contributed by atoms with Crippen molar-refractivity contribution in [2.45, 2.75) is 32.9 Å². The predicted molar refractivity (Wildman–Crippen MR) is 162 cm³/mol. The molecule has 42 heavy (non-hydrogen) atoms. The van der Waals surface area contributed by atoms with E-state index >= 15 is 0 Å². The van der Waals surface area contributed by atoms with Crippen LogP contribution in [0.5, 0.6) is 5.75 Å². The number of likely N-dealkylation sites (N-methyl/N-ethyl adjacent to an activating group) is 1. The monoisotopic (exact) mass is 579 g/mol.